The Morgan fingerprint density at radius 3 is 2.81 bits per heavy atom. The van der Waals surface area contributed by atoms with Crippen LogP contribution in [0.5, 0.6) is 0 Å². The van der Waals surface area contributed by atoms with Gasteiger partial charge < -0.3 is 9.88 Å². The van der Waals surface area contributed by atoms with E-state index < -0.39 is 0 Å². The number of aromatic nitrogens is 2. The van der Waals surface area contributed by atoms with Gasteiger partial charge >= 0.3 is 0 Å². The van der Waals surface area contributed by atoms with E-state index in [1.165, 1.54) is 5.56 Å². The summed E-state index contributed by atoms with van der Waals surface area (Å²) in [4.78, 5) is 14.3. The average Bonchev–Trinajstić information content (AvgIpc) is 2.78. The maximum Gasteiger partial charge on any atom is 0.212 e. The number of hydrogen-bond acceptors (Lipinski definition) is 2. The Bertz CT molecular complexity index is 464. The van der Waals surface area contributed by atoms with Crippen molar-refractivity contribution in [3.8, 4) is 0 Å². The van der Waals surface area contributed by atoms with Crippen molar-refractivity contribution in [1.29, 1.82) is 0 Å². The molecule has 0 aliphatic heterocycles. The van der Waals surface area contributed by atoms with E-state index in [1.54, 1.807) is 6.33 Å². The third kappa shape index (κ3) is 2.11. The van der Waals surface area contributed by atoms with Gasteiger partial charge in [-0.3, -0.25) is 4.79 Å². The highest BCUT2D eigenvalue weighted by Crippen LogP contribution is 2.18. The summed E-state index contributed by atoms with van der Waals surface area (Å²) in [7, 11) is 0. The van der Waals surface area contributed by atoms with E-state index in [1.807, 2.05) is 29.0 Å². The van der Waals surface area contributed by atoms with E-state index in [0.29, 0.717) is 12.2 Å². The predicted molar refractivity (Wildman–Crippen MR) is 62.2 cm³/mol. The zero-order valence-corrected chi connectivity index (χ0v) is 9.00. The monoisotopic (exact) mass is 215 g/mol. The van der Waals surface area contributed by atoms with Crippen LogP contribution < -0.4 is 5.32 Å². The normalized spacial score (nSPS) is 12.1. The number of carbonyl (C=O) groups excluding carboxylic acids is 1. The molecule has 1 heterocycles. The van der Waals surface area contributed by atoms with E-state index in [9.17, 15) is 4.79 Å². The molecule has 1 N–H and O–H groups in total. The summed E-state index contributed by atoms with van der Waals surface area (Å²) in [6.07, 6.45) is 4.15. The maximum absolute atomic E-state index is 10.3. The zero-order chi connectivity index (χ0) is 11.4. The molecule has 0 saturated heterocycles. The Hall–Kier alpha value is -2.10. The highest BCUT2D eigenvalue weighted by atomic mass is 16.1. The van der Waals surface area contributed by atoms with Crippen LogP contribution in [0.2, 0.25) is 0 Å². The number of anilines is 1. The molecule has 2 aromatic rings. The fraction of sp³-hybridized carbons (Fsp3) is 0.167. The Balaban J connectivity index is 2.20. The molecule has 4 nitrogen and oxygen atoms in total. The molecule has 0 fully saturated rings. The van der Waals surface area contributed by atoms with Crippen molar-refractivity contribution < 1.29 is 4.79 Å². The second kappa shape index (κ2) is 4.61. The van der Waals surface area contributed by atoms with Gasteiger partial charge in [0.05, 0.1) is 12.4 Å². The van der Waals surface area contributed by atoms with Crippen LogP contribution in [0.4, 0.5) is 5.82 Å². The molecule has 1 unspecified atom stereocenters. The molecule has 82 valence electrons. The molecule has 0 aliphatic carbocycles. The highest BCUT2D eigenvalue weighted by molar-refractivity contribution is 5.68. The Morgan fingerprint density at radius 1 is 1.38 bits per heavy atom. The van der Waals surface area contributed by atoms with Gasteiger partial charge in [-0.15, -0.1) is 0 Å². The van der Waals surface area contributed by atoms with E-state index >= 15 is 0 Å². The molecule has 0 bridgehead atoms. The SMILES string of the molecule is CC(c1ccccc1)n1cnc(NC=O)c1. The van der Waals surface area contributed by atoms with Gasteiger partial charge in [-0.2, -0.15) is 0 Å². The van der Waals surface area contributed by atoms with E-state index in [4.69, 9.17) is 0 Å². The number of rotatable bonds is 4. The van der Waals surface area contributed by atoms with Crippen molar-refractivity contribution in [2.45, 2.75) is 13.0 Å². The zero-order valence-electron chi connectivity index (χ0n) is 9.00. The third-order valence-electron chi connectivity index (χ3n) is 2.54. The largest absolute Gasteiger partial charge is 0.328 e. The Morgan fingerprint density at radius 2 is 2.12 bits per heavy atom. The van der Waals surface area contributed by atoms with Gasteiger partial charge in [-0.1, -0.05) is 30.3 Å². The topological polar surface area (TPSA) is 46.9 Å². The first-order valence-corrected chi connectivity index (χ1v) is 5.10. The molecular weight excluding hydrogens is 202 g/mol. The lowest BCUT2D eigenvalue weighted by molar-refractivity contribution is -0.105. The number of nitrogens with one attached hydrogen (secondary N) is 1. The van der Waals surface area contributed by atoms with Crippen molar-refractivity contribution in [2.24, 2.45) is 0 Å². The van der Waals surface area contributed by atoms with Gasteiger partial charge in [0.15, 0.2) is 5.82 Å². The first-order valence-electron chi connectivity index (χ1n) is 5.10. The molecule has 1 atom stereocenters. The molecule has 4 heteroatoms. The Kier molecular flexibility index (Phi) is 3.00. The molecule has 0 saturated carbocycles. The number of carbonyl (C=O) groups is 1. The average molecular weight is 215 g/mol. The fourth-order valence-electron chi connectivity index (χ4n) is 1.59. The minimum absolute atomic E-state index is 0.205. The van der Waals surface area contributed by atoms with Crippen LogP contribution in [0.25, 0.3) is 0 Å². The van der Waals surface area contributed by atoms with Gasteiger partial charge in [0.2, 0.25) is 6.41 Å². The van der Waals surface area contributed by atoms with Crippen molar-refractivity contribution in [3.63, 3.8) is 0 Å². The summed E-state index contributed by atoms with van der Waals surface area (Å²) >= 11 is 0. The number of hydrogen-bond donors (Lipinski definition) is 1. The van der Waals surface area contributed by atoms with Gasteiger partial charge in [0.1, 0.15) is 0 Å². The highest BCUT2D eigenvalue weighted by Gasteiger charge is 2.07. The summed E-state index contributed by atoms with van der Waals surface area (Å²) in [5.41, 5.74) is 1.21. The second-order valence-corrected chi connectivity index (χ2v) is 3.55. The minimum atomic E-state index is 0.205. The van der Waals surface area contributed by atoms with Gasteiger partial charge in [0, 0.05) is 6.20 Å². The molecule has 2 rings (SSSR count). The number of benzene rings is 1. The first-order chi connectivity index (χ1) is 7.81. The molecule has 0 spiro atoms. The van der Waals surface area contributed by atoms with Crippen molar-refractivity contribution in [1.82, 2.24) is 9.55 Å². The molecular formula is C12H13N3O. The van der Waals surface area contributed by atoms with Gasteiger partial charge in [-0.25, -0.2) is 4.98 Å². The lowest BCUT2D eigenvalue weighted by atomic mass is 10.1. The minimum Gasteiger partial charge on any atom is -0.328 e. The van der Waals surface area contributed by atoms with Crippen LogP contribution in [-0.2, 0) is 4.79 Å². The van der Waals surface area contributed by atoms with Crippen molar-refractivity contribution in [2.75, 3.05) is 5.32 Å². The number of amides is 1. The van der Waals surface area contributed by atoms with Crippen LogP contribution in [0, 0.1) is 0 Å². The third-order valence-corrected chi connectivity index (χ3v) is 2.54. The van der Waals surface area contributed by atoms with E-state index in [2.05, 4.69) is 29.4 Å². The second-order valence-electron chi connectivity index (χ2n) is 3.55. The summed E-state index contributed by atoms with van der Waals surface area (Å²) < 4.78 is 1.96. The quantitative estimate of drug-likeness (QED) is 0.793. The van der Waals surface area contributed by atoms with Crippen LogP contribution in [0.15, 0.2) is 42.9 Å². The summed E-state index contributed by atoms with van der Waals surface area (Å²) in [6.45, 7) is 2.09. The predicted octanol–water partition coefficient (Wildman–Crippen LogP) is 2.06. The summed E-state index contributed by atoms with van der Waals surface area (Å²) in [5, 5.41) is 2.52. The fourth-order valence-corrected chi connectivity index (χ4v) is 1.59. The van der Waals surface area contributed by atoms with Crippen LogP contribution in [0.3, 0.4) is 0 Å². The number of nitrogens with zero attached hydrogens (tertiary/aromatic N) is 2. The summed E-state index contributed by atoms with van der Waals surface area (Å²) in [6, 6.07) is 10.3. The molecule has 1 amide bonds. The van der Waals surface area contributed by atoms with Crippen LogP contribution in [0.1, 0.15) is 18.5 Å². The smallest absolute Gasteiger partial charge is 0.212 e. The van der Waals surface area contributed by atoms with E-state index in [0.717, 1.165) is 0 Å². The number of imidazole rings is 1. The molecule has 1 aromatic heterocycles. The van der Waals surface area contributed by atoms with Gasteiger partial charge in [0.25, 0.3) is 0 Å². The molecule has 0 radical (unpaired) electrons. The van der Waals surface area contributed by atoms with Crippen LogP contribution in [-0.4, -0.2) is 16.0 Å². The van der Waals surface area contributed by atoms with Crippen LogP contribution >= 0.6 is 0 Å². The maximum atomic E-state index is 10.3. The molecule has 16 heavy (non-hydrogen) atoms. The van der Waals surface area contributed by atoms with Gasteiger partial charge in [-0.05, 0) is 12.5 Å². The molecule has 1 aromatic carbocycles. The summed E-state index contributed by atoms with van der Waals surface area (Å²) in [5.74, 6) is 0.567. The molecule has 0 aliphatic rings. The Labute approximate surface area is 93.9 Å². The lowest BCUT2D eigenvalue weighted by Crippen LogP contribution is -2.03. The van der Waals surface area contributed by atoms with Crippen molar-refractivity contribution >= 4 is 12.2 Å². The van der Waals surface area contributed by atoms with E-state index in [-0.39, 0.29) is 6.04 Å². The lowest BCUT2D eigenvalue weighted by Gasteiger charge is -2.12. The standard InChI is InChI=1S/C12H13N3O/c1-10(11-5-3-2-4-6-11)15-7-12(13-8-15)14-9-16/h2-10H,1H3,(H,14,16). The first kappa shape index (κ1) is 10.4. The van der Waals surface area contributed by atoms with Crippen molar-refractivity contribution in [3.05, 3.63) is 48.4 Å².